The molecule has 0 spiro atoms. The molecule has 34 heavy (non-hydrogen) atoms. The molecule has 0 saturated heterocycles. The van der Waals surface area contributed by atoms with E-state index < -0.39 is 7.12 Å². The minimum atomic E-state index is -1.63. The number of ether oxygens (including phenoxy) is 3. The molecular weight excluding hydrogens is 435 g/mol. The number of benzene rings is 2. The van der Waals surface area contributed by atoms with E-state index in [2.05, 4.69) is 20.5 Å². The first-order valence-corrected chi connectivity index (χ1v) is 10.6. The van der Waals surface area contributed by atoms with Gasteiger partial charge in [0.15, 0.2) is 5.82 Å². The Morgan fingerprint density at radius 2 is 1.74 bits per heavy atom. The van der Waals surface area contributed by atoms with Gasteiger partial charge in [-0.2, -0.15) is 5.10 Å². The fraction of sp³-hybridized carbons (Fsp3) is 0.208. The van der Waals surface area contributed by atoms with Crippen LogP contribution in [0, 0.1) is 6.92 Å². The van der Waals surface area contributed by atoms with Crippen LogP contribution in [0.3, 0.4) is 0 Å². The summed E-state index contributed by atoms with van der Waals surface area (Å²) in [5, 5.41) is 32.9. The quantitative estimate of drug-likeness (QED) is 0.341. The monoisotopic (exact) mass is 460 g/mol. The number of nitrogens with one attached hydrogen (secondary N) is 1. The number of hydrogen-bond donors (Lipinski definition) is 3. The van der Waals surface area contributed by atoms with Crippen molar-refractivity contribution in [1.29, 1.82) is 0 Å². The zero-order chi connectivity index (χ0) is 24.2. The maximum absolute atomic E-state index is 9.56. The van der Waals surface area contributed by atoms with E-state index in [1.54, 1.807) is 20.3 Å². The molecule has 9 nitrogen and oxygen atoms in total. The molecule has 4 rings (SSSR count). The first-order chi connectivity index (χ1) is 16.4. The lowest BCUT2D eigenvalue weighted by atomic mass is 9.80. The Morgan fingerprint density at radius 1 is 0.912 bits per heavy atom. The van der Waals surface area contributed by atoms with Crippen LogP contribution in [0.5, 0.6) is 17.4 Å². The third-order valence-electron chi connectivity index (χ3n) is 5.58. The molecule has 4 aromatic rings. The molecule has 2 aromatic heterocycles. The molecule has 2 aromatic carbocycles. The van der Waals surface area contributed by atoms with Gasteiger partial charge in [0.05, 0.1) is 27.0 Å². The second kappa shape index (κ2) is 9.94. The fourth-order valence-electron chi connectivity index (χ4n) is 3.74. The number of rotatable bonds is 8. The maximum atomic E-state index is 9.56. The molecule has 0 fully saturated rings. The Morgan fingerprint density at radius 3 is 2.44 bits per heavy atom. The molecule has 0 amide bonds. The molecule has 0 aliphatic rings. The zero-order valence-corrected chi connectivity index (χ0v) is 19.4. The Kier molecular flexibility index (Phi) is 6.81. The zero-order valence-electron chi connectivity index (χ0n) is 19.4. The Labute approximate surface area is 197 Å². The van der Waals surface area contributed by atoms with Crippen molar-refractivity contribution in [2.24, 2.45) is 0 Å². The molecule has 0 atom stereocenters. The molecule has 0 radical (unpaired) electrons. The highest BCUT2D eigenvalue weighted by Crippen LogP contribution is 2.33. The average molecular weight is 460 g/mol. The third kappa shape index (κ3) is 4.59. The van der Waals surface area contributed by atoms with E-state index in [0.717, 1.165) is 33.3 Å². The summed E-state index contributed by atoms with van der Waals surface area (Å²) >= 11 is 0. The number of aryl methyl sites for hydroxylation is 1. The van der Waals surface area contributed by atoms with Crippen molar-refractivity contribution in [3.05, 3.63) is 59.9 Å². The minimum Gasteiger partial charge on any atom is -0.497 e. The average Bonchev–Trinajstić information content (AvgIpc) is 2.87. The summed E-state index contributed by atoms with van der Waals surface area (Å²) in [6.07, 6.45) is 1.38. The largest absolute Gasteiger partial charge is 0.497 e. The van der Waals surface area contributed by atoms with Crippen molar-refractivity contribution >= 4 is 29.2 Å². The number of fused-ring (bicyclic) bond motifs is 1. The Bertz CT molecular complexity index is 1330. The highest BCUT2D eigenvalue weighted by atomic mass is 16.5. The van der Waals surface area contributed by atoms with Gasteiger partial charge < -0.3 is 29.6 Å². The minimum absolute atomic E-state index is 0.274. The summed E-state index contributed by atoms with van der Waals surface area (Å²) in [6, 6.07) is 13.1. The standard InChI is InChI=1S/C24H25BN4O5/c1-14-20-9-15(21-10-17(25(30)31)13-27-24(21)34-4)6-8-19(20)23(29-28-14)26-12-16-5-7-18(32-2)11-22(16)33-3/h5-11,13,30-31H,12H2,1-4H3,(H,26,29). The van der Waals surface area contributed by atoms with Crippen molar-refractivity contribution in [3.63, 3.8) is 0 Å². The van der Waals surface area contributed by atoms with Crippen LogP contribution in [0.1, 0.15) is 11.3 Å². The van der Waals surface area contributed by atoms with E-state index in [1.165, 1.54) is 13.3 Å². The maximum Gasteiger partial charge on any atom is 0.490 e. The smallest absolute Gasteiger partial charge is 0.490 e. The number of pyridine rings is 1. The molecule has 0 aliphatic heterocycles. The van der Waals surface area contributed by atoms with Crippen molar-refractivity contribution < 1.29 is 24.3 Å². The highest BCUT2D eigenvalue weighted by Gasteiger charge is 2.17. The lowest BCUT2D eigenvalue weighted by Crippen LogP contribution is -2.30. The van der Waals surface area contributed by atoms with Crippen LogP contribution in [0.15, 0.2) is 48.7 Å². The van der Waals surface area contributed by atoms with Crippen LogP contribution >= 0.6 is 0 Å². The van der Waals surface area contributed by atoms with Crippen LogP contribution < -0.4 is 25.0 Å². The van der Waals surface area contributed by atoms with Crippen molar-refractivity contribution in [3.8, 4) is 28.5 Å². The van der Waals surface area contributed by atoms with Gasteiger partial charge in [0.1, 0.15) is 11.5 Å². The summed E-state index contributed by atoms with van der Waals surface area (Å²) in [7, 11) is 3.13. The van der Waals surface area contributed by atoms with Crippen molar-refractivity contribution in [1.82, 2.24) is 15.2 Å². The molecule has 174 valence electrons. The van der Waals surface area contributed by atoms with E-state index in [9.17, 15) is 10.0 Å². The van der Waals surface area contributed by atoms with Gasteiger partial charge in [-0.3, -0.25) is 0 Å². The molecule has 0 bridgehead atoms. The first-order valence-electron chi connectivity index (χ1n) is 10.6. The van der Waals surface area contributed by atoms with Gasteiger partial charge in [0.2, 0.25) is 5.88 Å². The second-order valence-electron chi connectivity index (χ2n) is 7.62. The van der Waals surface area contributed by atoms with Crippen LogP contribution in [-0.2, 0) is 6.54 Å². The van der Waals surface area contributed by atoms with Crippen LogP contribution in [0.2, 0.25) is 0 Å². The van der Waals surface area contributed by atoms with Crippen molar-refractivity contribution in [2.75, 3.05) is 26.6 Å². The SMILES string of the molecule is COc1ccc(CNc2nnc(C)c3cc(-c4cc(B(O)O)cnc4OC)ccc23)c(OC)c1. The van der Waals surface area contributed by atoms with E-state index in [4.69, 9.17) is 14.2 Å². The van der Waals surface area contributed by atoms with E-state index >= 15 is 0 Å². The van der Waals surface area contributed by atoms with Gasteiger partial charge in [0, 0.05) is 46.2 Å². The molecular formula is C24H25BN4O5. The van der Waals surface area contributed by atoms with Crippen LogP contribution in [-0.4, -0.2) is 53.7 Å². The van der Waals surface area contributed by atoms with Gasteiger partial charge >= 0.3 is 7.12 Å². The van der Waals surface area contributed by atoms with E-state index in [1.807, 2.05) is 43.3 Å². The molecule has 0 saturated carbocycles. The summed E-state index contributed by atoms with van der Waals surface area (Å²) in [5.41, 5.74) is 3.43. The van der Waals surface area contributed by atoms with Gasteiger partial charge in [-0.15, -0.1) is 5.10 Å². The number of nitrogens with zero attached hydrogens (tertiary/aromatic N) is 3. The lowest BCUT2D eigenvalue weighted by molar-refractivity contribution is 0.391. The van der Waals surface area contributed by atoms with E-state index in [0.29, 0.717) is 29.6 Å². The highest BCUT2D eigenvalue weighted by molar-refractivity contribution is 6.58. The van der Waals surface area contributed by atoms with Crippen molar-refractivity contribution in [2.45, 2.75) is 13.5 Å². The molecule has 0 unspecified atom stereocenters. The fourth-order valence-corrected chi connectivity index (χ4v) is 3.74. The predicted molar refractivity (Wildman–Crippen MR) is 131 cm³/mol. The topological polar surface area (TPSA) is 119 Å². The number of hydrogen-bond acceptors (Lipinski definition) is 9. The molecule has 10 heteroatoms. The van der Waals surface area contributed by atoms with Gasteiger partial charge in [0.25, 0.3) is 0 Å². The Hall–Kier alpha value is -3.89. The predicted octanol–water partition coefficient (Wildman–Crippen LogP) is 2.32. The lowest BCUT2D eigenvalue weighted by Gasteiger charge is -2.14. The first kappa shape index (κ1) is 23.3. The molecule has 0 aliphatic carbocycles. The third-order valence-corrected chi connectivity index (χ3v) is 5.58. The van der Waals surface area contributed by atoms with Crippen LogP contribution in [0.25, 0.3) is 21.9 Å². The summed E-state index contributed by atoms with van der Waals surface area (Å²) in [4.78, 5) is 4.20. The number of methoxy groups -OCH3 is 3. The summed E-state index contributed by atoms with van der Waals surface area (Å²) in [6.45, 7) is 2.37. The van der Waals surface area contributed by atoms with Crippen LogP contribution in [0.4, 0.5) is 5.82 Å². The second-order valence-corrected chi connectivity index (χ2v) is 7.62. The van der Waals surface area contributed by atoms with Gasteiger partial charge in [-0.25, -0.2) is 4.98 Å². The van der Waals surface area contributed by atoms with E-state index in [-0.39, 0.29) is 5.46 Å². The molecule has 3 N–H and O–H groups in total. The number of aromatic nitrogens is 3. The summed E-state index contributed by atoms with van der Waals surface area (Å²) < 4.78 is 16.1. The number of anilines is 1. The van der Waals surface area contributed by atoms with Gasteiger partial charge in [-0.05, 0) is 42.8 Å². The molecule has 2 heterocycles. The Balaban J connectivity index is 1.70. The van der Waals surface area contributed by atoms with Gasteiger partial charge in [-0.1, -0.05) is 6.07 Å². The normalized spacial score (nSPS) is 10.8. The summed E-state index contributed by atoms with van der Waals surface area (Å²) in [5.74, 6) is 2.45.